The Morgan fingerprint density at radius 1 is 1.19 bits per heavy atom. The van der Waals surface area contributed by atoms with Gasteiger partial charge in [0.05, 0.1) is 11.5 Å². The van der Waals surface area contributed by atoms with E-state index in [9.17, 15) is 22.8 Å². The highest BCUT2D eigenvalue weighted by molar-refractivity contribution is 5.84. The van der Waals surface area contributed by atoms with Crippen LogP contribution in [0.4, 0.5) is 13.2 Å². The molecule has 2 atom stereocenters. The topological polar surface area (TPSA) is 66.4 Å². The lowest BCUT2D eigenvalue weighted by atomic mass is 9.95. The quantitative estimate of drug-likeness (QED) is 0.879. The van der Waals surface area contributed by atoms with Gasteiger partial charge in [-0.15, -0.1) is 0 Å². The zero-order chi connectivity index (χ0) is 16.2. The number of carbonyl (C=O) groups excluding carboxylic acids is 1. The molecule has 0 bridgehead atoms. The Balaban J connectivity index is 2.77. The molecule has 0 aromatic heterocycles. The second-order valence-corrected chi connectivity index (χ2v) is 4.79. The zero-order valence-corrected chi connectivity index (χ0v) is 11.6. The Morgan fingerprint density at radius 2 is 1.76 bits per heavy atom. The molecule has 2 N–H and O–H groups in total. The predicted molar refractivity (Wildman–Crippen MR) is 69.3 cm³/mol. The largest absolute Gasteiger partial charge is 0.481 e. The third-order valence-corrected chi connectivity index (χ3v) is 3.33. The summed E-state index contributed by atoms with van der Waals surface area (Å²) in [5.74, 6) is -3.47. The average Bonchev–Trinajstić information content (AvgIpc) is 2.42. The minimum Gasteiger partial charge on any atom is -0.481 e. The summed E-state index contributed by atoms with van der Waals surface area (Å²) in [5.41, 5.74) is -0.877. The molecule has 1 aromatic carbocycles. The minimum atomic E-state index is -4.50. The number of hydrogen-bond acceptors (Lipinski definition) is 2. The van der Waals surface area contributed by atoms with Crippen molar-refractivity contribution in [2.75, 3.05) is 0 Å². The van der Waals surface area contributed by atoms with Crippen molar-refractivity contribution < 1.29 is 27.9 Å². The van der Waals surface area contributed by atoms with Gasteiger partial charge in [-0.05, 0) is 11.6 Å². The van der Waals surface area contributed by atoms with Crippen LogP contribution in [0, 0.1) is 11.8 Å². The molecule has 2 unspecified atom stereocenters. The van der Waals surface area contributed by atoms with Crippen LogP contribution < -0.4 is 5.32 Å². The lowest BCUT2D eigenvalue weighted by Crippen LogP contribution is -2.35. The van der Waals surface area contributed by atoms with Crippen LogP contribution in [0.1, 0.15) is 25.0 Å². The first-order valence-electron chi connectivity index (χ1n) is 6.30. The van der Waals surface area contributed by atoms with Crippen molar-refractivity contribution in [2.24, 2.45) is 11.8 Å². The molecule has 0 aliphatic heterocycles. The number of hydrogen-bond donors (Lipinski definition) is 2. The van der Waals surface area contributed by atoms with E-state index in [1.807, 2.05) is 0 Å². The van der Waals surface area contributed by atoms with Gasteiger partial charge in [0.2, 0.25) is 5.91 Å². The molecular formula is C14H16F3NO3. The number of carboxylic acids is 1. The van der Waals surface area contributed by atoms with Crippen molar-refractivity contribution in [1.29, 1.82) is 0 Å². The maximum Gasteiger partial charge on any atom is 0.416 e. The number of benzene rings is 1. The first-order chi connectivity index (χ1) is 9.64. The molecule has 0 saturated carbocycles. The summed E-state index contributed by atoms with van der Waals surface area (Å²) in [6, 6.07) is 4.92. The number of nitrogens with one attached hydrogen (secondary N) is 1. The summed E-state index contributed by atoms with van der Waals surface area (Å²) in [5, 5.41) is 11.2. The van der Waals surface area contributed by atoms with Crippen molar-refractivity contribution in [3.8, 4) is 0 Å². The third-order valence-electron chi connectivity index (χ3n) is 3.33. The number of aliphatic carboxylic acids is 1. The van der Waals surface area contributed by atoms with Gasteiger partial charge in [0.25, 0.3) is 0 Å². The predicted octanol–water partition coefficient (Wildman–Crippen LogP) is 2.68. The molecule has 1 aromatic rings. The molecular weight excluding hydrogens is 287 g/mol. The van der Waals surface area contributed by atoms with Crippen LogP contribution in [0.5, 0.6) is 0 Å². The van der Waals surface area contributed by atoms with E-state index < -0.39 is 35.5 Å². The van der Waals surface area contributed by atoms with E-state index in [1.54, 1.807) is 0 Å². The van der Waals surface area contributed by atoms with Crippen LogP contribution in [0.2, 0.25) is 0 Å². The molecule has 0 radical (unpaired) electrons. The van der Waals surface area contributed by atoms with E-state index >= 15 is 0 Å². The highest BCUT2D eigenvalue weighted by Gasteiger charge is 2.33. The van der Waals surface area contributed by atoms with E-state index in [1.165, 1.54) is 32.0 Å². The molecule has 21 heavy (non-hydrogen) atoms. The van der Waals surface area contributed by atoms with Crippen molar-refractivity contribution >= 4 is 11.9 Å². The van der Waals surface area contributed by atoms with Crippen LogP contribution in [-0.2, 0) is 22.3 Å². The summed E-state index contributed by atoms with van der Waals surface area (Å²) >= 11 is 0. The number of rotatable bonds is 5. The Kier molecular flexibility index (Phi) is 5.34. The fraction of sp³-hybridized carbons (Fsp3) is 0.429. The highest BCUT2D eigenvalue weighted by atomic mass is 19.4. The second kappa shape index (κ2) is 6.60. The van der Waals surface area contributed by atoms with E-state index in [4.69, 9.17) is 5.11 Å². The molecule has 4 nitrogen and oxygen atoms in total. The van der Waals surface area contributed by atoms with Gasteiger partial charge in [-0.25, -0.2) is 0 Å². The summed E-state index contributed by atoms with van der Waals surface area (Å²) < 4.78 is 38.3. The van der Waals surface area contributed by atoms with Crippen LogP contribution in [0.15, 0.2) is 24.3 Å². The van der Waals surface area contributed by atoms with Crippen molar-refractivity contribution in [1.82, 2.24) is 5.32 Å². The SMILES string of the molecule is CC(C(=O)O)C(C)C(=O)NCc1ccccc1C(F)(F)F. The lowest BCUT2D eigenvalue weighted by molar-refractivity contribution is -0.146. The Labute approximate surface area is 120 Å². The highest BCUT2D eigenvalue weighted by Crippen LogP contribution is 2.31. The summed E-state index contributed by atoms with van der Waals surface area (Å²) in [4.78, 5) is 22.5. The van der Waals surface area contributed by atoms with Crippen molar-refractivity contribution in [3.05, 3.63) is 35.4 Å². The van der Waals surface area contributed by atoms with Crippen molar-refractivity contribution in [3.63, 3.8) is 0 Å². The van der Waals surface area contributed by atoms with E-state index in [0.717, 1.165) is 6.07 Å². The van der Waals surface area contributed by atoms with Gasteiger partial charge in [-0.1, -0.05) is 32.0 Å². The fourth-order valence-corrected chi connectivity index (χ4v) is 1.74. The molecule has 0 spiro atoms. The Hall–Kier alpha value is -2.05. The zero-order valence-electron chi connectivity index (χ0n) is 11.6. The first-order valence-corrected chi connectivity index (χ1v) is 6.30. The van der Waals surface area contributed by atoms with Gasteiger partial charge in [0.15, 0.2) is 0 Å². The van der Waals surface area contributed by atoms with Gasteiger partial charge < -0.3 is 10.4 Å². The van der Waals surface area contributed by atoms with Crippen LogP contribution >= 0.6 is 0 Å². The normalized spacial score (nSPS) is 14.3. The smallest absolute Gasteiger partial charge is 0.416 e. The number of alkyl halides is 3. The molecule has 1 amide bonds. The van der Waals surface area contributed by atoms with Gasteiger partial charge >= 0.3 is 12.1 Å². The van der Waals surface area contributed by atoms with Crippen LogP contribution in [0.3, 0.4) is 0 Å². The van der Waals surface area contributed by atoms with Crippen molar-refractivity contribution in [2.45, 2.75) is 26.6 Å². The number of carbonyl (C=O) groups is 2. The third kappa shape index (κ3) is 4.47. The molecule has 0 aliphatic carbocycles. The summed E-state index contributed by atoms with van der Waals surface area (Å²) in [6.45, 7) is 2.49. The molecule has 0 heterocycles. The molecule has 116 valence electrons. The van der Waals surface area contributed by atoms with Crippen LogP contribution in [-0.4, -0.2) is 17.0 Å². The summed E-state index contributed by atoms with van der Waals surface area (Å²) in [6.07, 6.45) is -4.50. The van der Waals surface area contributed by atoms with E-state index in [2.05, 4.69) is 5.32 Å². The number of amides is 1. The molecule has 1 rings (SSSR count). The van der Waals surface area contributed by atoms with E-state index in [-0.39, 0.29) is 12.1 Å². The Morgan fingerprint density at radius 3 is 2.29 bits per heavy atom. The lowest BCUT2D eigenvalue weighted by Gasteiger charge is -2.17. The molecule has 0 saturated heterocycles. The Bertz CT molecular complexity index is 528. The maximum atomic E-state index is 12.8. The van der Waals surface area contributed by atoms with Gasteiger partial charge in [-0.3, -0.25) is 9.59 Å². The fourth-order valence-electron chi connectivity index (χ4n) is 1.74. The number of halogens is 3. The minimum absolute atomic E-state index is 0.0615. The molecule has 0 fully saturated rings. The second-order valence-electron chi connectivity index (χ2n) is 4.79. The summed E-state index contributed by atoms with van der Waals surface area (Å²) in [7, 11) is 0. The average molecular weight is 303 g/mol. The first kappa shape index (κ1) is 17.0. The van der Waals surface area contributed by atoms with Gasteiger partial charge in [0, 0.05) is 12.5 Å². The molecule has 0 aliphatic rings. The van der Waals surface area contributed by atoms with Gasteiger partial charge in [-0.2, -0.15) is 13.2 Å². The standard InChI is InChI=1S/C14H16F3NO3/c1-8(9(2)13(20)21)12(19)18-7-10-5-3-4-6-11(10)14(15,16)17/h3-6,8-9H,7H2,1-2H3,(H,18,19)(H,20,21). The van der Waals surface area contributed by atoms with Gasteiger partial charge in [0.1, 0.15) is 0 Å². The monoisotopic (exact) mass is 303 g/mol. The van der Waals surface area contributed by atoms with Crippen LogP contribution in [0.25, 0.3) is 0 Å². The van der Waals surface area contributed by atoms with E-state index in [0.29, 0.717) is 0 Å². The maximum absolute atomic E-state index is 12.8. The molecule has 7 heteroatoms. The number of carboxylic acid groups (broad SMARTS) is 1.